The van der Waals surface area contributed by atoms with Gasteiger partial charge in [0.25, 0.3) is 5.91 Å². The first-order valence-electron chi connectivity index (χ1n) is 7.65. The van der Waals surface area contributed by atoms with Crippen LogP contribution in [0.25, 0.3) is 0 Å². The van der Waals surface area contributed by atoms with Crippen LogP contribution in [0.4, 0.5) is 4.39 Å². The third kappa shape index (κ3) is 5.33. The standard InChI is InChI=1S/C18H21FN2O3/c1-20-18(23)12-24-17-5-3-2-4-14(17)10-21-11-16(22)13-6-8-15(19)9-7-13/h2-9,16,21-22H,10-12H2,1H3,(H,20,23). The van der Waals surface area contributed by atoms with Crippen molar-refractivity contribution in [2.24, 2.45) is 0 Å². The van der Waals surface area contributed by atoms with Crippen molar-refractivity contribution in [3.63, 3.8) is 0 Å². The van der Waals surface area contributed by atoms with E-state index in [-0.39, 0.29) is 18.3 Å². The lowest BCUT2D eigenvalue weighted by atomic mass is 10.1. The molecule has 0 aliphatic heterocycles. The third-order valence-electron chi connectivity index (χ3n) is 3.52. The normalized spacial score (nSPS) is 11.8. The second-order valence-corrected chi connectivity index (χ2v) is 5.27. The van der Waals surface area contributed by atoms with Gasteiger partial charge < -0.3 is 20.5 Å². The van der Waals surface area contributed by atoms with Gasteiger partial charge in [-0.3, -0.25) is 4.79 Å². The monoisotopic (exact) mass is 332 g/mol. The molecule has 2 aromatic rings. The molecule has 0 radical (unpaired) electrons. The van der Waals surface area contributed by atoms with Crippen LogP contribution in [0.5, 0.6) is 5.75 Å². The van der Waals surface area contributed by atoms with Gasteiger partial charge in [-0.05, 0) is 23.8 Å². The number of nitrogens with one attached hydrogen (secondary N) is 2. The zero-order valence-electron chi connectivity index (χ0n) is 13.5. The van der Waals surface area contributed by atoms with E-state index < -0.39 is 6.10 Å². The summed E-state index contributed by atoms with van der Waals surface area (Å²) in [6.45, 7) is 0.739. The van der Waals surface area contributed by atoms with Gasteiger partial charge in [0.05, 0.1) is 6.10 Å². The van der Waals surface area contributed by atoms with E-state index in [1.165, 1.54) is 12.1 Å². The lowest BCUT2D eigenvalue weighted by Gasteiger charge is -2.14. The summed E-state index contributed by atoms with van der Waals surface area (Å²) < 4.78 is 18.4. The van der Waals surface area contributed by atoms with Gasteiger partial charge in [-0.1, -0.05) is 30.3 Å². The van der Waals surface area contributed by atoms with Crippen LogP contribution in [-0.4, -0.2) is 31.2 Å². The fraction of sp³-hybridized carbons (Fsp3) is 0.278. The molecule has 5 nitrogen and oxygen atoms in total. The third-order valence-corrected chi connectivity index (χ3v) is 3.52. The smallest absolute Gasteiger partial charge is 0.257 e. The van der Waals surface area contributed by atoms with E-state index in [0.29, 0.717) is 24.4 Å². The zero-order chi connectivity index (χ0) is 17.4. The molecule has 0 saturated carbocycles. The Hall–Kier alpha value is -2.44. The largest absolute Gasteiger partial charge is 0.483 e. The van der Waals surface area contributed by atoms with Gasteiger partial charge in [0.2, 0.25) is 0 Å². The molecule has 0 heterocycles. The minimum absolute atomic E-state index is 0.0499. The van der Waals surface area contributed by atoms with E-state index in [0.717, 1.165) is 5.56 Å². The molecule has 0 bridgehead atoms. The fourth-order valence-electron chi connectivity index (χ4n) is 2.15. The highest BCUT2D eigenvalue weighted by atomic mass is 19.1. The average molecular weight is 332 g/mol. The van der Waals surface area contributed by atoms with E-state index in [2.05, 4.69) is 10.6 Å². The van der Waals surface area contributed by atoms with Crippen LogP contribution in [0.2, 0.25) is 0 Å². The molecule has 128 valence electrons. The molecule has 1 unspecified atom stereocenters. The zero-order valence-corrected chi connectivity index (χ0v) is 13.5. The maximum atomic E-state index is 12.9. The summed E-state index contributed by atoms with van der Waals surface area (Å²) in [5, 5.41) is 15.7. The van der Waals surface area contributed by atoms with Gasteiger partial charge >= 0.3 is 0 Å². The Kier molecular flexibility index (Phi) is 6.72. The van der Waals surface area contributed by atoms with Crippen molar-refractivity contribution in [2.45, 2.75) is 12.6 Å². The van der Waals surface area contributed by atoms with Gasteiger partial charge in [0.15, 0.2) is 6.61 Å². The van der Waals surface area contributed by atoms with Crippen LogP contribution >= 0.6 is 0 Å². The highest BCUT2D eigenvalue weighted by molar-refractivity contribution is 5.77. The number of aliphatic hydroxyl groups is 1. The van der Waals surface area contributed by atoms with Crippen molar-refractivity contribution < 1.29 is 19.0 Å². The molecule has 2 rings (SSSR count). The van der Waals surface area contributed by atoms with Crippen molar-refractivity contribution in [2.75, 3.05) is 20.2 Å². The average Bonchev–Trinajstić information content (AvgIpc) is 2.61. The molecule has 0 aromatic heterocycles. The summed E-state index contributed by atoms with van der Waals surface area (Å²) in [6, 6.07) is 13.1. The quantitative estimate of drug-likeness (QED) is 0.689. The molecule has 24 heavy (non-hydrogen) atoms. The number of amides is 1. The molecule has 6 heteroatoms. The molecule has 0 fully saturated rings. The molecule has 0 aliphatic rings. The van der Waals surface area contributed by atoms with Crippen molar-refractivity contribution in [3.8, 4) is 5.75 Å². The number of carbonyl (C=O) groups excluding carboxylic acids is 1. The van der Waals surface area contributed by atoms with E-state index in [4.69, 9.17) is 4.74 Å². The predicted molar refractivity (Wildman–Crippen MR) is 89.1 cm³/mol. The van der Waals surface area contributed by atoms with Gasteiger partial charge in [-0.2, -0.15) is 0 Å². The van der Waals surface area contributed by atoms with Crippen LogP contribution in [0.15, 0.2) is 48.5 Å². The molecule has 0 saturated heterocycles. The first-order valence-corrected chi connectivity index (χ1v) is 7.65. The Morgan fingerprint density at radius 1 is 1.21 bits per heavy atom. The number of hydrogen-bond acceptors (Lipinski definition) is 4. The van der Waals surface area contributed by atoms with E-state index in [1.54, 1.807) is 25.2 Å². The van der Waals surface area contributed by atoms with E-state index >= 15 is 0 Å². The van der Waals surface area contributed by atoms with Crippen LogP contribution in [0.3, 0.4) is 0 Å². The number of ether oxygens (including phenoxy) is 1. The van der Waals surface area contributed by atoms with Gasteiger partial charge in [0.1, 0.15) is 11.6 Å². The van der Waals surface area contributed by atoms with Crippen LogP contribution in [0, 0.1) is 5.82 Å². The van der Waals surface area contributed by atoms with Crippen molar-refractivity contribution in [3.05, 3.63) is 65.5 Å². The first-order chi connectivity index (χ1) is 11.6. The summed E-state index contributed by atoms with van der Waals surface area (Å²) in [6.07, 6.45) is -0.732. The lowest BCUT2D eigenvalue weighted by molar-refractivity contribution is -0.122. The van der Waals surface area contributed by atoms with E-state index in [1.807, 2.05) is 18.2 Å². The molecule has 3 N–H and O–H groups in total. The maximum Gasteiger partial charge on any atom is 0.257 e. The van der Waals surface area contributed by atoms with Crippen LogP contribution in [0.1, 0.15) is 17.2 Å². The minimum Gasteiger partial charge on any atom is -0.483 e. The number of hydrogen-bond donors (Lipinski definition) is 3. The number of para-hydroxylation sites is 1. The molecule has 0 spiro atoms. The Balaban J connectivity index is 1.87. The lowest BCUT2D eigenvalue weighted by Crippen LogP contribution is -2.25. The molecule has 1 atom stereocenters. The number of carbonyl (C=O) groups is 1. The maximum absolute atomic E-state index is 12.9. The first kappa shape index (κ1) is 17.9. The number of aliphatic hydroxyl groups excluding tert-OH is 1. The number of rotatable bonds is 8. The highest BCUT2D eigenvalue weighted by Crippen LogP contribution is 2.18. The van der Waals surface area contributed by atoms with Crippen LogP contribution < -0.4 is 15.4 Å². The molecular formula is C18H21FN2O3. The van der Waals surface area contributed by atoms with Crippen molar-refractivity contribution >= 4 is 5.91 Å². The second-order valence-electron chi connectivity index (χ2n) is 5.27. The predicted octanol–water partition coefficient (Wildman–Crippen LogP) is 1.77. The number of halogens is 1. The van der Waals surface area contributed by atoms with Gasteiger partial charge in [-0.15, -0.1) is 0 Å². The Labute approximate surface area is 140 Å². The van der Waals surface area contributed by atoms with Crippen LogP contribution in [-0.2, 0) is 11.3 Å². The van der Waals surface area contributed by atoms with Gasteiger partial charge in [-0.25, -0.2) is 4.39 Å². The topological polar surface area (TPSA) is 70.6 Å². The Morgan fingerprint density at radius 2 is 1.92 bits per heavy atom. The summed E-state index contributed by atoms with van der Waals surface area (Å²) >= 11 is 0. The number of benzene rings is 2. The van der Waals surface area contributed by atoms with Gasteiger partial charge in [0, 0.05) is 25.7 Å². The minimum atomic E-state index is -0.732. The summed E-state index contributed by atoms with van der Waals surface area (Å²) in [5.41, 5.74) is 1.53. The molecule has 1 amide bonds. The fourth-order valence-corrected chi connectivity index (χ4v) is 2.15. The molecule has 2 aromatic carbocycles. The van der Waals surface area contributed by atoms with Crippen molar-refractivity contribution in [1.29, 1.82) is 0 Å². The summed E-state index contributed by atoms with van der Waals surface area (Å²) in [7, 11) is 1.55. The highest BCUT2D eigenvalue weighted by Gasteiger charge is 2.09. The summed E-state index contributed by atoms with van der Waals surface area (Å²) in [5.74, 6) is 0.0791. The SMILES string of the molecule is CNC(=O)COc1ccccc1CNCC(O)c1ccc(F)cc1. The van der Waals surface area contributed by atoms with Crippen molar-refractivity contribution in [1.82, 2.24) is 10.6 Å². The Bertz CT molecular complexity index is 662. The second kappa shape index (κ2) is 9.00. The number of likely N-dealkylation sites (N-methyl/N-ethyl adjacent to an activating group) is 1. The molecule has 0 aliphatic carbocycles. The van der Waals surface area contributed by atoms with E-state index in [9.17, 15) is 14.3 Å². The molecular weight excluding hydrogens is 311 g/mol. The summed E-state index contributed by atoms with van der Waals surface area (Å²) in [4.78, 5) is 11.3. The Morgan fingerprint density at radius 3 is 2.62 bits per heavy atom.